The van der Waals surface area contributed by atoms with Crippen molar-refractivity contribution in [2.45, 2.75) is 89.5 Å². The molecule has 0 bridgehead atoms. The molecular formula is C19H32N4O3. The number of hydrogen-bond acceptors (Lipinski definition) is 5. The first-order valence-corrected chi connectivity index (χ1v) is 10.0. The van der Waals surface area contributed by atoms with E-state index in [1.807, 2.05) is 10.9 Å². The van der Waals surface area contributed by atoms with E-state index in [1.54, 1.807) is 0 Å². The van der Waals surface area contributed by atoms with Gasteiger partial charge in [0.25, 0.3) is 0 Å². The van der Waals surface area contributed by atoms with E-state index in [0.717, 1.165) is 57.2 Å². The molecule has 146 valence electrons. The molecule has 2 aliphatic rings. The van der Waals surface area contributed by atoms with Crippen LogP contribution in [0, 0.1) is 5.92 Å². The lowest BCUT2D eigenvalue weighted by atomic mass is 9.96. The van der Waals surface area contributed by atoms with E-state index in [9.17, 15) is 9.90 Å². The second kappa shape index (κ2) is 8.95. The highest BCUT2D eigenvalue weighted by Crippen LogP contribution is 2.27. The molecule has 1 aliphatic carbocycles. The second-order valence-electron chi connectivity index (χ2n) is 8.00. The molecule has 1 aliphatic heterocycles. The van der Waals surface area contributed by atoms with E-state index in [1.165, 1.54) is 0 Å². The van der Waals surface area contributed by atoms with Gasteiger partial charge in [0, 0.05) is 18.7 Å². The fraction of sp³-hybridized carbons (Fsp3) is 0.842. The Balaban J connectivity index is 1.46. The Labute approximate surface area is 155 Å². The number of carbonyl (C=O) groups excluding carboxylic acids is 1. The smallest absolute Gasteiger partial charge is 0.223 e. The fourth-order valence-electron chi connectivity index (χ4n) is 3.96. The molecule has 1 aromatic heterocycles. The molecular weight excluding hydrogens is 332 g/mol. The highest BCUT2D eigenvalue weighted by molar-refractivity contribution is 5.79. The van der Waals surface area contributed by atoms with Crippen LogP contribution in [0.4, 0.5) is 0 Å². The number of rotatable bonds is 7. The molecule has 1 aromatic rings. The van der Waals surface area contributed by atoms with Gasteiger partial charge in [-0.05, 0) is 38.0 Å². The predicted octanol–water partition coefficient (Wildman–Crippen LogP) is 2.01. The molecule has 1 saturated carbocycles. The van der Waals surface area contributed by atoms with Crippen molar-refractivity contribution in [3.8, 4) is 0 Å². The van der Waals surface area contributed by atoms with Crippen LogP contribution in [-0.4, -0.2) is 50.9 Å². The Hall–Kier alpha value is -1.47. The minimum Gasteiger partial charge on any atom is -0.394 e. The van der Waals surface area contributed by atoms with Crippen LogP contribution >= 0.6 is 0 Å². The van der Waals surface area contributed by atoms with Crippen molar-refractivity contribution >= 4 is 5.91 Å². The maximum Gasteiger partial charge on any atom is 0.223 e. The molecule has 0 unspecified atom stereocenters. The predicted molar refractivity (Wildman–Crippen MR) is 97.6 cm³/mol. The van der Waals surface area contributed by atoms with Gasteiger partial charge in [0.15, 0.2) is 0 Å². The average molecular weight is 364 g/mol. The first-order valence-electron chi connectivity index (χ1n) is 10.0. The summed E-state index contributed by atoms with van der Waals surface area (Å²) in [5.74, 6) is 0.657. The normalized spacial score (nSPS) is 27.2. The van der Waals surface area contributed by atoms with Gasteiger partial charge in [0.1, 0.15) is 6.10 Å². The molecule has 0 spiro atoms. The van der Waals surface area contributed by atoms with Gasteiger partial charge in [-0.3, -0.25) is 9.48 Å². The number of ether oxygens (including phenoxy) is 1. The Morgan fingerprint density at radius 3 is 2.77 bits per heavy atom. The van der Waals surface area contributed by atoms with Gasteiger partial charge in [-0.25, -0.2) is 0 Å². The largest absolute Gasteiger partial charge is 0.394 e. The van der Waals surface area contributed by atoms with Crippen molar-refractivity contribution in [2.75, 3.05) is 6.61 Å². The Bertz CT molecular complexity index is 583. The summed E-state index contributed by atoms with van der Waals surface area (Å²) in [6.45, 7) is 4.89. The van der Waals surface area contributed by atoms with Crippen LogP contribution < -0.4 is 5.32 Å². The molecule has 2 N–H and O–H groups in total. The highest BCUT2D eigenvalue weighted by atomic mass is 16.5. The third-order valence-corrected chi connectivity index (χ3v) is 5.68. The van der Waals surface area contributed by atoms with Crippen LogP contribution in [-0.2, 0) is 16.1 Å². The van der Waals surface area contributed by atoms with E-state index in [0.29, 0.717) is 5.92 Å². The molecule has 3 atom stereocenters. The average Bonchev–Trinajstić information content (AvgIpc) is 3.32. The third-order valence-electron chi connectivity index (χ3n) is 5.68. The minimum atomic E-state index is -0.318. The summed E-state index contributed by atoms with van der Waals surface area (Å²) in [6.07, 6.45) is 8.59. The summed E-state index contributed by atoms with van der Waals surface area (Å²) in [6, 6.07) is -0.0803. The SMILES string of the molecule is CC(C)c1cn(CC[C@H]2CC[C@@H](NC(=O)C3CCCC3)[C@H](CO)O2)nn1. The monoisotopic (exact) mass is 364 g/mol. The second-order valence-corrected chi connectivity index (χ2v) is 8.00. The van der Waals surface area contributed by atoms with Gasteiger partial charge in [0.05, 0.1) is 24.4 Å². The molecule has 0 aromatic carbocycles. The molecule has 1 saturated heterocycles. The van der Waals surface area contributed by atoms with Crippen LogP contribution in [0.1, 0.15) is 70.4 Å². The van der Waals surface area contributed by atoms with Crippen molar-refractivity contribution in [3.63, 3.8) is 0 Å². The van der Waals surface area contributed by atoms with Crippen LogP contribution in [0.3, 0.4) is 0 Å². The van der Waals surface area contributed by atoms with E-state index in [-0.39, 0.29) is 36.7 Å². The molecule has 3 rings (SSSR count). The summed E-state index contributed by atoms with van der Waals surface area (Å²) >= 11 is 0. The maximum absolute atomic E-state index is 12.4. The van der Waals surface area contributed by atoms with Crippen LogP contribution in [0.5, 0.6) is 0 Å². The number of nitrogens with one attached hydrogen (secondary N) is 1. The fourth-order valence-corrected chi connectivity index (χ4v) is 3.96. The Kier molecular flexibility index (Phi) is 6.64. The zero-order chi connectivity index (χ0) is 18.5. The lowest BCUT2D eigenvalue weighted by Crippen LogP contribution is -2.52. The number of aryl methyl sites for hydroxylation is 1. The van der Waals surface area contributed by atoms with E-state index in [4.69, 9.17) is 4.74 Å². The first-order chi connectivity index (χ1) is 12.6. The van der Waals surface area contributed by atoms with E-state index >= 15 is 0 Å². The molecule has 1 amide bonds. The Morgan fingerprint density at radius 1 is 1.35 bits per heavy atom. The van der Waals surface area contributed by atoms with Crippen molar-refractivity contribution < 1.29 is 14.6 Å². The molecule has 2 fully saturated rings. The number of aliphatic hydroxyl groups excluding tert-OH is 1. The van der Waals surface area contributed by atoms with E-state index in [2.05, 4.69) is 29.5 Å². The van der Waals surface area contributed by atoms with Crippen molar-refractivity contribution in [1.82, 2.24) is 20.3 Å². The quantitative estimate of drug-likeness (QED) is 0.772. The van der Waals surface area contributed by atoms with Crippen molar-refractivity contribution in [2.24, 2.45) is 5.92 Å². The lowest BCUT2D eigenvalue weighted by Gasteiger charge is -2.36. The molecule has 0 radical (unpaired) electrons. The van der Waals surface area contributed by atoms with Crippen LogP contribution in [0.2, 0.25) is 0 Å². The maximum atomic E-state index is 12.4. The van der Waals surface area contributed by atoms with Gasteiger partial charge in [0.2, 0.25) is 5.91 Å². The van der Waals surface area contributed by atoms with Gasteiger partial charge < -0.3 is 15.2 Å². The molecule has 26 heavy (non-hydrogen) atoms. The number of amides is 1. The minimum absolute atomic E-state index is 0.0626. The molecule has 2 heterocycles. The number of hydrogen-bond donors (Lipinski definition) is 2. The van der Waals surface area contributed by atoms with Crippen LogP contribution in [0.15, 0.2) is 6.20 Å². The van der Waals surface area contributed by atoms with Gasteiger partial charge >= 0.3 is 0 Å². The number of aromatic nitrogens is 3. The van der Waals surface area contributed by atoms with E-state index < -0.39 is 0 Å². The van der Waals surface area contributed by atoms with Crippen molar-refractivity contribution in [1.29, 1.82) is 0 Å². The van der Waals surface area contributed by atoms with Gasteiger partial charge in [-0.1, -0.05) is 31.9 Å². The van der Waals surface area contributed by atoms with Crippen LogP contribution in [0.25, 0.3) is 0 Å². The standard InChI is InChI=1S/C19H32N4O3/c1-13(2)17-11-23(22-21-17)10-9-15-7-8-16(18(12-24)26-15)20-19(25)14-5-3-4-6-14/h11,13-16,18,24H,3-10,12H2,1-2H3,(H,20,25)/t15-,16-,18+/m1/s1. The Morgan fingerprint density at radius 2 is 2.12 bits per heavy atom. The summed E-state index contributed by atoms with van der Waals surface area (Å²) in [5, 5.41) is 21.2. The number of aliphatic hydroxyl groups is 1. The van der Waals surface area contributed by atoms with Crippen molar-refractivity contribution in [3.05, 3.63) is 11.9 Å². The third kappa shape index (κ3) is 4.82. The topological polar surface area (TPSA) is 89.3 Å². The summed E-state index contributed by atoms with van der Waals surface area (Å²) in [4.78, 5) is 12.4. The highest BCUT2D eigenvalue weighted by Gasteiger charge is 2.33. The summed E-state index contributed by atoms with van der Waals surface area (Å²) < 4.78 is 7.92. The molecule has 7 heteroatoms. The summed E-state index contributed by atoms with van der Waals surface area (Å²) in [7, 11) is 0. The van der Waals surface area contributed by atoms with Gasteiger partial charge in [-0.15, -0.1) is 5.10 Å². The number of nitrogens with zero attached hydrogens (tertiary/aromatic N) is 3. The first kappa shape index (κ1) is 19.3. The molecule has 7 nitrogen and oxygen atoms in total. The zero-order valence-electron chi connectivity index (χ0n) is 15.9. The van der Waals surface area contributed by atoms with Gasteiger partial charge in [-0.2, -0.15) is 0 Å². The number of carbonyl (C=O) groups is 1. The summed E-state index contributed by atoms with van der Waals surface area (Å²) in [5.41, 5.74) is 0.998. The zero-order valence-corrected chi connectivity index (χ0v) is 15.9. The lowest BCUT2D eigenvalue weighted by molar-refractivity contribution is -0.132.